The van der Waals surface area contributed by atoms with Gasteiger partial charge in [0.15, 0.2) is 5.13 Å². The maximum absolute atomic E-state index is 4.76. The third kappa shape index (κ3) is 2.90. The summed E-state index contributed by atoms with van der Waals surface area (Å²) in [5, 5.41) is 1.14. The molecule has 0 atom stereocenters. The van der Waals surface area contributed by atoms with Crippen molar-refractivity contribution >= 4 is 42.6 Å². The summed E-state index contributed by atoms with van der Waals surface area (Å²) >= 11 is 5.31. The van der Waals surface area contributed by atoms with Crippen LogP contribution in [0.15, 0.2) is 35.1 Å². The number of thiazole rings is 1. The van der Waals surface area contributed by atoms with Crippen molar-refractivity contribution < 1.29 is 0 Å². The molecule has 6 heteroatoms. The summed E-state index contributed by atoms with van der Waals surface area (Å²) in [6.45, 7) is 7.62. The van der Waals surface area contributed by atoms with Crippen molar-refractivity contribution in [2.45, 2.75) is 26.3 Å². The first-order valence-electron chi connectivity index (χ1n) is 7.92. The Kier molecular flexibility index (Phi) is 3.89. The van der Waals surface area contributed by atoms with Crippen LogP contribution in [0.3, 0.4) is 0 Å². The van der Waals surface area contributed by atoms with Crippen molar-refractivity contribution in [1.29, 1.82) is 0 Å². The van der Waals surface area contributed by atoms with Crippen molar-refractivity contribution in [3.8, 4) is 0 Å². The highest BCUT2D eigenvalue weighted by atomic mass is 79.9. The Bertz CT molecular complexity index is 832. The molecule has 0 amide bonds. The molecule has 0 spiro atoms. The van der Waals surface area contributed by atoms with Gasteiger partial charge in [-0.1, -0.05) is 41.1 Å². The van der Waals surface area contributed by atoms with Crippen LogP contribution >= 0.6 is 27.3 Å². The van der Waals surface area contributed by atoms with Gasteiger partial charge in [-0.25, -0.2) is 9.97 Å². The quantitative estimate of drug-likeness (QED) is 0.656. The lowest BCUT2D eigenvalue weighted by atomic mass is 10.0. The molecule has 0 saturated carbocycles. The Morgan fingerprint density at radius 3 is 2.96 bits per heavy atom. The lowest BCUT2D eigenvalue weighted by molar-refractivity contribution is 0.350. The molecular formula is C17H19BrN4S. The van der Waals surface area contributed by atoms with E-state index in [1.165, 1.54) is 10.5 Å². The number of imidazole rings is 1. The van der Waals surface area contributed by atoms with Crippen LogP contribution in [0.1, 0.15) is 25.6 Å². The molecule has 120 valence electrons. The van der Waals surface area contributed by atoms with E-state index in [1.54, 1.807) is 11.3 Å². The van der Waals surface area contributed by atoms with Crippen molar-refractivity contribution in [2.24, 2.45) is 5.92 Å². The van der Waals surface area contributed by atoms with Gasteiger partial charge in [0.25, 0.3) is 0 Å². The van der Waals surface area contributed by atoms with E-state index in [4.69, 9.17) is 4.98 Å². The fourth-order valence-corrected chi connectivity index (χ4v) is 4.65. The van der Waals surface area contributed by atoms with E-state index in [2.05, 4.69) is 68.6 Å². The van der Waals surface area contributed by atoms with E-state index < -0.39 is 0 Å². The average Bonchev–Trinajstić information content (AvgIpc) is 3.07. The molecule has 3 aromatic rings. The number of hydrogen-bond acceptors (Lipinski definition) is 4. The number of anilines is 1. The molecule has 3 heterocycles. The van der Waals surface area contributed by atoms with E-state index >= 15 is 0 Å². The van der Waals surface area contributed by atoms with Crippen LogP contribution in [0.2, 0.25) is 0 Å². The number of fused-ring (bicyclic) bond motifs is 1. The van der Waals surface area contributed by atoms with Gasteiger partial charge in [0.2, 0.25) is 0 Å². The first kappa shape index (κ1) is 15.1. The van der Waals surface area contributed by atoms with Crippen LogP contribution in [-0.2, 0) is 6.54 Å². The van der Waals surface area contributed by atoms with E-state index in [1.807, 2.05) is 6.20 Å². The summed E-state index contributed by atoms with van der Waals surface area (Å²) in [5.74, 6) is 2.35. The maximum atomic E-state index is 4.76. The molecule has 4 nitrogen and oxygen atoms in total. The van der Waals surface area contributed by atoms with Gasteiger partial charge in [-0.15, -0.1) is 0 Å². The van der Waals surface area contributed by atoms with Crippen LogP contribution in [0, 0.1) is 5.92 Å². The van der Waals surface area contributed by atoms with Crippen molar-refractivity contribution in [3.63, 3.8) is 0 Å². The summed E-state index contributed by atoms with van der Waals surface area (Å²) in [7, 11) is 0. The molecule has 2 aromatic heterocycles. The highest BCUT2D eigenvalue weighted by Crippen LogP contribution is 2.34. The molecule has 0 N–H and O–H groups in total. The lowest BCUT2D eigenvalue weighted by Crippen LogP contribution is -2.48. The Balaban J connectivity index is 1.43. The van der Waals surface area contributed by atoms with Gasteiger partial charge < -0.3 is 9.47 Å². The minimum atomic E-state index is 0.476. The summed E-state index contributed by atoms with van der Waals surface area (Å²) in [5.41, 5.74) is 1.09. The van der Waals surface area contributed by atoms with Gasteiger partial charge >= 0.3 is 0 Å². The predicted molar refractivity (Wildman–Crippen MR) is 99.3 cm³/mol. The van der Waals surface area contributed by atoms with Gasteiger partial charge in [-0.05, 0) is 18.2 Å². The predicted octanol–water partition coefficient (Wildman–Crippen LogP) is 4.52. The monoisotopic (exact) mass is 390 g/mol. The van der Waals surface area contributed by atoms with Crippen molar-refractivity contribution in [2.75, 3.05) is 18.0 Å². The molecule has 0 aliphatic carbocycles. The second kappa shape index (κ2) is 5.91. The molecule has 1 aliphatic rings. The molecule has 1 aliphatic heterocycles. The number of hydrogen-bond donors (Lipinski definition) is 0. The highest BCUT2D eigenvalue weighted by Gasteiger charge is 2.29. The number of benzene rings is 1. The summed E-state index contributed by atoms with van der Waals surface area (Å²) in [4.78, 5) is 11.6. The second-order valence-electron chi connectivity index (χ2n) is 6.47. The minimum Gasteiger partial charge on any atom is -0.347 e. The van der Waals surface area contributed by atoms with Crippen molar-refractivity contribution in [3.05, 3.63) is 40.9 Å². The van der Waals surface area contributed by atoms with Crippen LogP contribution in [0.4, 0.5) is 5.13 Å². The normalized spacial score (nSPS) is 15.6. The molecule has 4 rings (SSSR count). The van der Waals surface area contributed by atoms with Gasteiger partial charge in [0.1, 0.15) is 5.82 Å². The third-order valence-electron chi connectivity index (χ3n) is 4.29. The standard InChI is InChI=1S/C17H19BrN4S/c1-11(2)16-19-5-6-21(16)8-12-9-22(10-12)17-20-14-4-3-13(18)7-15(14)23-17/h3-7,11-12H,8-10H2,1-2H3. The Hall–Kier alpha value is -1.40. The van der Waals surface area contributed by atoms with Crippen LogP contribution in [0.25, 0.3) is 10.2 Å². The first-order valence-corrected chi connectivity index (χ1v) is 9.53. The number of halogens is 1. The number of aromatic nitrogens is 3. The number of rotatable bonds is 4. The van der Waals surface area contributed by atoms with Gasteiger partial charge in [-0.2, -0.15) is 0 Å². The summed E-state index contributed by atoms with van der Waals surface area (Å²) < 4.78 is 4.67. The average molecular weight is 391 g/mol. The Morgan fingerprint density at radius 1 is 1.35 bits per heavy atom. The molecule has 0 bridgehead atoms. The largest absolute Gasteiger partial charge is 0.347 e. The molecule has 0 radical (unpaired) electrons. The summed E-state index contributed by atoms with van der Waals surface area (Å²) in [6, 6.07) is 6.28. The third-order valence-corrected chi connectivity index (χ3v) is 5.86. The summed E-state index contributed by atoms with van der Waals surface area (Å²) in [6.07, 6.45) is 4.02. The van der Waals surface area contributed by atoms with Gasteiger partial charge in [0, 0.05) is 48.3 Å². The molecule has 0 unspecified atom stereocenters. The molecule has 1 aromatic carbocycles. The lowest BCUT2D eigenvalue weighted by Gasteiger charge is -2.39. The van der Waals surface area contributed by atoms with Crippen LogP contribution in [0.5, 0.6) is 0 Å². The van der Waals surface area contributed by atoms with Gasteiger partial charge in [-0.3, -0.25) is 0 Å². The second-order valence-corrected chi connectivity index (χ2v) is 8.40. The van der Waals surface area contributed by atoms with E-state index in [0.29, 0.717) is 11.8 Å². The van der Waals surface area contributed by atoms with Gasteiger partial charge in [0.05, 0.1) is 10.2 Å². The van der Waals surface area contributed by atoms with Crippen LogP contribution < -0.4 is 4.90 Å². The zero-order chi connectivity index (χ0) is 16.0. The maximum Gasteiger partial charge on any atom is 0.186 e. The fraction of sp³-hybridized carbons (Fsp3) is 0.412. The Labute approximate surface area is 148 Å². The molecule has 1 saturated heterocycles. The van der Waals surface area contributed by atoms with Crippen molar-refractivity contribution in [1.82, 2.24) is 14.5 Å². The molecule has 1 fully saturated rings. The first-order chi connectivity index (χ1) is 11.1. The zero-order valence-electron chi connectivity index (χ0n) is 13.2. The SMILES string of the molecule is CC(C)c1nccn1CC1CN(c2nc3ccc(Br)cc3s2)C1. The van der Waals surface area contributed by atoms with E-state index in [9.17, 15) is 0 Å². The Morgan fingerprint density at radius 2 is 2.17 bits per heavy atom. The molecular weight excluding hydrogens is 372 g/mol. The number of nitrogens with zero attached hydrogens (tertiary/aromatic N) is 4. The topological polar surface area (TPSA) is 34.0 Å². The fourth-order valence-electron chi connectivity index (χ4n) is 3.12. The van der Waals surface area contributed by atoms with Crippen LogP contribution in [-0.4, -0.2) is 27.6 Å². The molecule has 23 heavy (non-hydrogen) atoms. The smallest absolute Gasteiger partial charge is 0.186 e. The minimum absolute atomic E-state index is 0.476. The van der Waals surface area contributed by atoms with E-state index in [-0.39, 0.29) is 0 Å². The zero-order valence-corrected chi connectivity index (χ0v) is 15.6. The van der Waals surface area contributed by atoms with E-state index in [0.717, 1.165) is 34.8 Å². The highest BCUT2D eigenvalue weighted by molar-refractivity contribution is 9.10.